The Balaban J connectivity index is 1.70. The molecular formula is C17H19N3O. The molecular weight excluding hydrogens is 262 g/mol. The number of hydrogen-bond donors (Lipinski definition) is 2. The molecule has 0 saturated heterocycles. The minimum Gasteiger partial charge on any atom is -0.399 e. The van der Waals surface area contributed by atoms with Gasteiger partial charge in [-0.1, -0.05) is 23.8 Å². The zero-order valence-corrected chi connectivity index (χ0v) is 12.1. The highest BCUT2D eigenvalue weighted by molar-refractivity contribution is 5.89. The van der Waals surface area contributed by atoms with Crippen LogP contribution < -0.4 is 11.1 Å². The highest BCUT2D eigenvalue weighted by Gasteiger charge is 2.20. The van der Waals surface area contributed by atoms with E-state index in [9.17, 15) is 4.79 Å². The summed E-state index contributed by atoms with van der Waals surface area (Å²) in [4.78, 5) is 14.2. The maximum atomic E-state index is 12.3. The van der Waals surface area contributed by atoms with Crippen molar-refractivity contribution in [1.82, 2.24) is 4.90 Å². The smallest absolute Gasteiger partial charge is 0.322 e. The van der Waals surface area contributed by atoms with Gasteiger partial charge in [0.15, 0.2) is 0 Å². The van der Waals surface area contributed by atoms with Crippen LogP contribution in [0.15, 0.2) is 42.5 Å². The molecule has 0 spiro atoms. The Bertz CT molecular complexity index is 664. The summed E-state index contributed by atoms with van der Waals surface area (Å²) in [5.74, 6) is 0. The van der Waals surface area contributed by atoms with E-state index in [0.717, 1.165) is 29.9 Å². The van der Waals surface area contributed by atoms with Crippen LogP contribution in [-0.2, 0) is 13.0 Å². The number of nitrogens with one attached hydrogen (secondary N) is 1. The number of urea groups is 1. The fraction of sp³-hybridized carbons (Fsp3) is 0.235. The van der Waals surface area contributed by atoms with Crippen molar-refractivity contribution < 1.29 is 4.79 Å². The number of anilines is 2. The molecule has 4 nitrogen and oxygen atoms in total. The molecule has 3 rings (SSSR count). The van der Waals surface area contributed by atoms with E-state index in [4.69, 9.17) is 5.73 Å². The van der Waals surface area contributed by atoms with Crippen LogP contribution in [0.3, 0.4) is 0 Å². The van der Waals surface area contributed by atoms with Crippen molar-refractivity contribution in [3.05, 3.63) is 59.2 Å². The van der Waals surface area contributed by atoms with Gasteiger partial charge in [0.25, 0.3) is 0 Å². The van der Waals surface area contributed by atoms with Gasteiger partial charge in [-0.05, 0) is 48.7 Å². The first-order chi connectivity index (χ1) is 10.1. The van der Waals surface area contributed by atoms with Gasteiger partial charge in [-0.15, -0.1) is 0 Å². The molecule has 21 heavy (non-hydrogen) atoms. The van der Waals surface area contributed by atoms with Gasteiger partial charge in [-0.2, -0.15) is 0 Å². The summed E-state index contributed by atoms with van der Waals surface area (Å²) in [6.07, 6.45) is 0.872. The topological polar surface area (TPSA) is 58.4 Å². The van der Waals surface area contributed by atoms with Crippen LogP contribution in [0.25, 0.3) is 0 Å². The number of hydrogen-bond acceptors (Lipinski definition) is 2. The Morgan fingerprint density at radius 2 is 1.90 bits per heavy atom. The monoisotopic (exact) mass is 281 g/mol. The van der Waals surface area contributed by atoms with E-state index < -0.39 is 0 Å². The quantitative estimate of drug-likeness (QED) is 0.789. The third-order valence-corrected chi connectivity index (χ3v) is 3.83. The van der Waals surface area contributed by atoms with Crippen LogP contribution in [0.4, 0.5) is 16.2 Å². The number of nitrogens with zero attached hydrogens (tertiary/aromatic N) is 1. The lowest BCUT2D eigenvalue weighted by Crippen LogP contribution is -2.38. The molecule has 0 atom stereocenters. The van der Waals surface area contributed by atoms with E-state index in [1.807, 2.05) is 48.2 Å². The molecule has 2 amide bonds. The lowest BCUT2D eigenvalue weighted by atomic mass is 9.99. The van der Waals surface area contributed by atoms with Crippen molar-refractivity contribution in [3.8, 4) is 0 Å². The Kier molecular flexibility index (Phi) is 3.52. The van der Waals surface area contributed by atoms with Gasteiger partial charge < -0.3 is 16.0 Å². The first-order valence-corrected chi connectivity index (χ1v) is 7.12. The molecule has 2 aromatic rings. The summed E-state index contributed by atoms with van der Waals surface area (Å²) >= 11 is 0. The van der Waals surface area contributed by atoms with Crippen molar-refractivity contribution >= 4 is 17.4 Å². The van der Waals surface area contributed by atoms with Gasteiger partial charge >= 0.3 is 6.03 Å². The van der Waals surface area contributed by atoms with Crippen LogP contribution in [0.5, 0.6) is 0 Å². The number of benzene rings is 2. The molecule has 0 bridgehead atoms. The molecule has 0 aliphatic carbocycles. The van der Waals surface area contributed by atoms with Gasteiger partial charge in [0.1, 0.15) is 0 Å². The fourth-order valence-corrected chi connectivity index (χ4v) is 2.59. The lowest BCUT2D eigenvalue weighted by molar-refractivity contribution is 0.206. The van der Waals surface area contributed by atoms with Crippen LogP contribution in [-0.4, -0.2) is 17.5 Å². The summed E-state index contributed by atoms with van der Waals surface area (Å²) in [5.41, 5.74) is 11.0. The Morgan fingerprint density at radius 1 is 1.14 bits per heavy atom. The van der Waals surface area contributed by atoms with Crippen molar-refractivity contribution in [3.63, 3.8) is 0 Å². The Labute approximate surface area is 124 Å². The summed E-state index contributed by atoms with van der Waals surface area (Å²) < 4.78 is 0. The number of carbonyl (C=O) groups is 1. The first-order valence-electron chi connectivity index (χ1n) is 7.12. The molecule has 0 aromatic heterocycles. The van der Waals surface area contributed by atoms with Crippen LogP contribution in [0.2, 0.25) is 0 Å². The van der Waals surface area contributed by atoms with Crippen LogP contribution >= 0.6 is 0 Å². The standard InChI is InChI=1S/C17H19N3O/c1-12-2-6-16(7-3-12)19-17(21)20-9-8-13-4-5-15(18)10-14(13)11-20/h2-7,10H,8-9,11,18H2,1H3,(H,19,21). The van der Waals surface area contributed by atoms with E-state index in [0.29, 0.717) is 6.54 Å². The Hall–Kier alpha value is -2.49. The van der Waals surface area contributed by atoms with Gasteiger partial charge in [-0.3, -0.25) is 0 Å². The molecule has 0 unspecified atom stereocenters. The minimum atomic E-state index is -0.0630. The third kappa shape index (κ3) is 2.99. The molecule has 1 heterocycles. The number of amides is 2. The fourth-order valence-electron chi connectivity index (χ4n) is 2.59. The Morgan fingerprint density at radius 3 is 2.67 bits per heavy atom. The largest absolute Gasteiger partial charge is 0.399 e. The number of fused-ring (bicyclic) bond motifs is 1. The van der Waals surface area contributed by atoms with Gasteiger partial charge in [0.05, 0.1) is 0 Å². The van der Waals surface area contributed by atoms with Gasteiger partial charge in [0, 0.05) is 24.5 Å². The van der Waals surface area contributed by atoms with Crippen molar-refractivity contribution in [2.24, 2.45) is 0 Å². The van der Waals surface area contributed by atoms with Crippen molar-refractivity contribution in [2.45, 2.75) is 19.9 Å². The second-order valence-corrected chi connectivity index (χ2v) is 5.50. The number of aryl methyl sites for hydroxylation is 1. The zero-order valence-electron chi connectivity index (χ0n) is 12.1. The third-order valence-electron chi connectivity index (χ3n) is 3.83. The molecule has 4 heteroatoms. The highest BCUT2D eigenvalue weighted by Crippen LogP contribution is 2.22. The lowest BCUT2D eigenvalue weighted by Gasteiger charge is -2.29. The molecule has 2 aromatic carbocycles. The average molecular weight is 281 g/mol. The zero-order chi connectivity index (χ0) is 14.8. The maximum Gasteiger partial charge on any atom is 0.322 e. The normalized spacial score (nSPS) is 13.7. The van der Waals surface area contributed by atoms with Gasteiger partial charge in [0.2, 0.25) is 0 Å². The number of nitrogen functional groups attached to an aromatic ring is 1. The maximum absolute atomic E-state index is 12.3. The summed E-state index contributed by atoms with van der Waals surface area (Å²) in [5, 5.41) is 2.94. The summed E-state index contributed by atoms with van der Waals surface area (Å²) in [6.45, 7) is 3.37. The second kappa shape index (κ2) is 5.48. The summed E-state index contributed by atoms with van der Waals surface area (Å²) in [6, 6.07) is 13.7. The van der Waals surface area contributed by atoms with Crippen molar-refractivity contribution in [2.75, 3.05) is 17.6 Å². The molecule has 0 fully saturated rings. The number of nitrogens with two attached hydrogens (primary N) is 1. The highest BCUT2D eigenvalue weighted by atomic mass is 16.2. The predicted molar refractivity (Wildman–Crippen MR) is 85.2 cm³/mol. The molecule has 0 radical (unpaired) electrons. The van der Waals surface area contributed by atoms with E-state index >= 15 is 0 Å². The molecule has 3 N–H and O–H groups in total. The van der Waals surface area contributed by atoms with E-state index in [1.165, 1.54) is 11.1 Å². The minimum absolute atomic E-state index is 0.0630. The number of rotatable bonds is 1. The molecule has 0 saturated carbocycles. The van der Waals surface area contributed by atoms with Gasteiger partial charge in [-0.25, -0.2) is 4.79 Å². The number of carbonyl (C=O) groups excluding carboxylic acids is 1. The summed E-state index contributed by atoms with van der Waals surface area (Å²) in [7, 11) is 0. The molecule has 108 valence electrons. The van der Waals surface area contributed by atoms with E-state index in [-0.39, 0.29) is 6.03 Å². The average Bonchev–Trinajstić information content (AvgIpc) is 2.48. The molecule has 1 aliphatic rings. The predicted octanol–water partition coefficient (Wildman–Crippen LogP) is 3.17. The first kappa shape index (κ1) is 13.5. The second-order valence-electron chi connectivity index (χ2n) is 5.50. The SMILES string of the molecule is Cc1ccc(NC(=O)N2CCc3ccc(N)cc3C2)cc1. The van der Waals surface area contributed by atoms with Crippen LogP contribution in [0.1, 0.15) is 16.7 Å². The van der Waals surface area contributed by atoms with Crippen molar-refractivity contribution in [1.29, 1.82) is 0 Å². The van der Waals surface area contributed by atoms with E-state index in [1.54, 1.807) is 0 Å². The molecule has 1 aliphatic heterocycles. The van der Waals surface area contributed by atoms with E-state index in [2.05, 4.69) is 11.4 Å². The van der Waals surface area contributed by atoms with Crippen LogP contribution in [0, 0.1) is 6.92 Å².